The van der Waals surface area contributed by atoms with Gasteiger partial charge >= 0.3 is 7.71 Å². The maximum atomic E-state index is 7.60. The van der Waals surface area contributed by atoms with Gasteiger partial charge in [0.1, 0.15) is 0 Å². The minimum Gasteiger partial charge on any atom is -0.291 e. The molecule has 0 radical (unpaired) electrons. The van der Waals surface area contributed by atoms with Crippen molar-refractivity contribution in [2.45, 2.75) is 56.9 Å². The van der Waals surface area contributed by atoms with Crippen molar-refractivity contribution in [3.05, 3.63) is 84.4 Å². The summed E-state index contributed by atoms with van der Waals surface area (Å²) in [5.41, 5.74) is 2.73. The van der Waals surface area contributed by atoms with Gasteiger partial charge in [-0.2, -0.15) is 0 Å². The molecule has 142 valence electrons. The van der Waals surface area contributed by atoms with Gasteiger partial charge in [0.2, 0.25) is 0 Å². The maximum absolute atomic E-state index is 7.60. The SMILES string of the molecule is C=CC[Si]1(Cl)N(Cc2ccccc2)[C@@H]2CCCC[C@H]2N1Cc1ccccc1. The smallest absolute Gasteiger partial charge is 0.291 e. The molecule has 2 atom stereocenters. The molecule has 0 N–H and O–H groups in total. The van der Waals surface area contributed by atoms with E-state index in [0.717, 1.165) is 19.1 Å². The van der Waals surface area contributed by atoms with Crippen molar-refractivity contribution in [2.24, 2.45) is 0 Å². The van der Waals surface area contributed by atoms with Gasteiger partial charge in [0.05, 0.1) is 0 Å². The number of allylic oxidation sites excluding steroid dienone is 1. The normalized spacial score (nSPS) is 25.2. The first-order chi connectivity index (χ1) is 13.2. The number of nitrogens with zero attached hydrogens (tertiary/aromatic N) is 2. The van der Waals surface area contributed by atoms with E-state index in [-0.39, 0.29) is 0 Å². The summed E-state index contributed by atoms with van der Waals surface area (Å²) in [6, 6.07) is 23.7. The Morgan fingerprint density at radius 2 is 1.30 bits per heavy atom. The van der Waals surface area contributed by atoms with Gasteiger partial charge in [0.25, 0.3) is 0 Å². The van der Waals surface area contributed by atoms with Gasteiger partial charge in [-0.3, -0.25) is 9.13 Å². The monoisotopic (exact) mass is 396 g/mol. The van der Waals surface area contributed by atoms with E-state index in [1.165, 1.54) is 36.8 Å². The first kappa shape index (κ1) is 18.9. The Labute approximate surface area is 169 Å². The molecule has 2 aliphatic rings. The van der Waals surface area contributed by atoms with E-state index in [1.54, 1.807) is 0 Å². The minimum atomic E-state index is -2.32. The van der Waals surface area contributed by atoms with Gasteiger partial charge in [0, 0.05) is 31.2 Å². The number of benzene rings is 2. The average molecular weight is 397 g/mol. The van der Waals surface area contributed by atoms with Crippen molar-refractivity contribution >= 4 is 18.8 Å². The van der Waals surface area contributed by atoms with Crippen LogP contribution in [0, 0.1) is 0 Å². The van der Waals surface area contributed by atoms with Crippen LogP contribution in [0.4, 0.5) is 0 Å². The lowest BCUT2D eigenvalue weighted by Gasteiger charge is -2.37. The Balaban J connectivity index is 1.69. The Bertz CT molecular complexity index is 694. The van der Waals surface area contributed by atoms with E-state index in [4.69, 9.17) is 11.1 Å². The van der Waals surface area contributed by atoms with Crippen LogP contribution in [0.2, 0.25) is 6.04 Å². The molecule has 0 bridgehead atoms. The van der Waals surface area contributed by atoms with Crippen molar-refractivity contribution in [2.75, 3.05) is 0 Å². The van der Waals surface area contributed by atoms with Gasteiger partial charge in [0.15, 0.2) is 0 Å². The highest BCUT2D eigenvalue weighted by atomic mass is 35.6. The highest BCUT2D eigenvalue weighted by Gasteiger charge is 2.58. The van der Waals surface area contributed by atoms with Crippen LogP contribution in [0.3, 0.4) is 0 Å². The van der Waals surface area contributed by atoms with E-state index in [0.29, 0.717) is 12.1 Å². The van der Waals surface area contributed by atoms with Gasteiger partial charge in [-0.25, -0.2) is 0 Å². The Kier molecular flexibility index (Phi) is 5.84. The molecule has 0 aromatic heterocycles. The van der Waals surface area contributed by atoms with Crippen molar-refractivity contribution < 1.29 is 0 Å². The van der Waals surface area contributed by atoms with E-state index in [2.05, 4.69) is 76.4 Å². The van der Waals surface area contributed by atoms with E-state index in [1.807, 2.05) is 6.08 Å². The molecule has 2 nitrogen and oxygen atoms in total. The summed E-state index contributed by atoms with van der Waals surface area (Å²) in [4.78, 5) is 0. The molecule has 4 heteroatoms. The third kappa shape index (κ3) is 3.79. The highest BCUT2D eigenvalue weighted by molar-refractivity contribution is 7.17. The van der Waals surface area contributed by atoms with Crippen LogP contribution in [0.15, 0.2) is 73.3 Å². The fourth-order valence-corrected chi connectivity index (χ4v) is 10.0. The summed E-state index contributed by atoms with van der Waals surface area (Å²) in [6.07, 6.45) is 7.22. The molecule has 27 heavy (non-hydrogen) atoms. The van der Waals surface area contributed by atoms with E-state index in [9.17, 15) is 0 Å². The van der Waals surface area contributed by atoms with Crippen molar-refractivity contribution in [3.63, 3.8) is 0 Å². The molecule has 0 unspecified atom stereocenters. The van der Waals surface area contributed by atoms with E-state index < -0.39 is 7.71 Å². The number of hydrogen-bond donors (Lipinski definition) is 0. The second-order valence-electron chi connectivity index (χ2n) is 7.86. The van der Waals surface area contributed by atoms with Gasteiger partial charge < -0.3 is 0 Å². The number of rotatable bonds is 6. The zero-order valence-corrected chi connectivity index (χ0v) is 17.7. The summed E-state index contributed by atoms with van der Waals surface area (Å²) in [7, 11) is -2.32. The quantitative estimate of drug-likeness (QED) is 0.352. The van der Waals surface area contributed by atoms with Crippen LogP contribution in [-0.4, -0.2) is 28.9 Å². The first-order valence-electron chi connectivity index (χ1n) is 10.1. The maximum Gasteiger partial charge on any atom is 0.312 e. The molecule has 2 aromatic rings. The standard InChI is InChI=1S/C23H29ClN2Si/c1-2-17-27(24)25(18-20-11-5-3-6-12-20)22-15-9-10-16-23(22)26(27)19-21-13-7-4-8-14-21/h2-8,11-14,22-23H,1,9-10,15-19H2/t22-,23-/m1/s1. The highest BCUT2D eigenvalue weighted by Crippen LogP contribution is 2.45. The van der Waals surface area contributed by atoms with Gasteiger partial charge in [-0.05, 0) is 24.0 Å². The van der Waals surface area contributed by atoms with Crippen LogP contribution in [0.1, 0.15) is 36.8 Å². The summed E-state index contributed by atoms with van der Waals surface area (Å²) in [5, 5.41) is 0. The molecule has 2 aromatic carbocycles. The third-order valence-electron chi connectivity index (χ3n) is 6.17. The van der Waals surface area contributed by atoms with E-state index >= 15 is 0 Å². The Morgan fingerprint density at radius 3 is 1.70 bits per heavy atom. The molecule has 0 spiro atoms. The predicted octanol–water partition coefficient (Wildman–Crippen LogP) is 5.68. The molecule has 1 aliphatic carbocycles. The van der Waals surface area contributed by atoms with Gasteiger partial charge in [-0.15, -0.1) is 17.7 Å². The van der Waals surface area contributed by atoms with Crippen LogP contribution in [0.5, 0.6) is 0 Å². The molecule has 2 fully saturated rings. The van der Waals surface area contributed by atoms with Crippen LogP contribution in [-0.2, 0) is 13.1 Å². The Morgan fingerprint density at radius 1 is 0.852 bits per heavy atom. The average Bonchev–Trinajstić information content (AvgIpc) is 2.93. The minimum absolute atomic E-state index is 0.576. The lowest BCUT2D eigenvalue weighted by Crippen LogP contribution is -2.55. The molecule has 1 heterocycles. The molecular weight excluding hydrogens is 368 g/mol. The predicted molar refractivity (Wildman–Crippen MR) is 117 cm³/mol. The first-order valence-corrected chi connectivity index (χ1v) is 13.2. The van der Waals surface area contributed by atoms with Crippen molar-refractivity contribution in [1.82, 2.24) is 9.13 Å². The summed E-state index contributed by atoms with van der Waals surface area (Å²) >= 11 is 7.60. The largest absolute Gasteiger partial charge is 0.312 e. The van der Waals surface area contributed by atoms with Crippen LogP contribution in [0.25, 0.3) is 0 Å². The molecule has 4 rings (SSSR count). The molecule has 1 saturated carbocycles. The zero-order valence-electron chi connectivity index (χ0n) is 15.9. The molecule has 1 saturated heterocycles. The molecule has 0 amide bonds. The molecular formula is C23H29ClN2Si. The van der Waals surface area contributed by atoms with Crippen LogP contribution < -0.4 is 0 Å². The third-order valence-corrected chi connectivity index (χ3v) is 11.5. The lowest BCUT2D eigenvalue weighted by atomic mass is 9.90. The second kappa shape index (κ2) is 8.32. The number of fused-ring (bicyclic) bond motifs is 1. The van der Waals surface area contributed by atoms with Crippen molar-refractivity contribution in [1.29, 1.82) is 0 Å². The summed E-state index contributed by atoms with van der Waals surface area (Å²) in [6.45, 7) is 5.98. The van der Waals surface area contributed by atoms with Gasteiger partial charge in [-0.1, -0.05) is 79.6 Å². The zero-order chi connectivity index (χ0) is 18.7. The number of halogens is 1. The molecule has 1 aliphatic heterocycles. The fourth-order valence-electron chi connectivity index (χ4n) is 4.95. The second-order valence-corrected chi connectivity index (χ2v) is 12.7. The van der Waals surface area contributed by atoms with Crippen LogP contribution >= 0.6 is 11.1 Å². The summed E-state index contributed by atoms with van der Waals surface area (Å²) in [5.74, 6) is 0. The Hall–Kier alpha value is -1.39. The van der Waals surface area contributed by atoms with Crippen molar-refractivity contribution in [3.8, 4) is 0 Å². The number of hydrogen-bond acceptors (Lipinski definition) is 2. The summed E-state index contributed by atoms with van der Waals surface area (Å²) < 4.78 is 5.39. The fraction of sp³-hybridized carbons (Fsp3) is 0.391. The lowest BCUT2D eigenvalue weighted by molar-refractivity contribution is 0.197. The topological polar surface area (TPSA) is 6.48 Å².